The fourth-order valence-corrected chi connectivity index (χ4v) is 5.27. The van der Waals surface area contributed by atoms with Crippen LogP contribution in [0.5, 0.6) is 0 Å². The summed E-state index contributed by atoms with van der Waals surface area (Å²) in [5, 5.41) is 8.48. The van der Waals surface area contributed by atoms with Crippen molar-refractivity contribution in [3.8, 4) is 0 Å². The molecule has 0 bridgehead atoms. The van der Waals surface area contributed by atoms with Crippen molar-refractivity contribution in [3.05, 3.63) is 48.8 Å². The number of hydrogen-bond donors (Lipinski definition) is 1. The Bertz CT molecular complexity index is 933. The second-order valence-electron chi connectivity index (χ2n) is 10.3. The maximum Gasteiger partial charge on any atom is 0.143 e. The van der Waals surface area contributed by atoms with Crippen LogP contribution in [0.15, 0.2) is 43.3 Å². The number of aromatic nitrogens is 2. The Morgan fingerprint density at radius 3 is 2.29 bits per heavy atom. The highest BCUT2D eigenvalue weighted by molar-refractivity contribution is 8.02. The highest BCUT2D eigenvalue weighted by Crippen LogP contribution is 2.44. The molecule has 0 saturated carbocycles. The van der Waals surface area contributed by atoms with Gasteiger partial charge in [-0.25, -0.2) is 9.97 Å². The van der Waals surface area contributed by atoms with Crippen LogP contribution in [0, 0.1) is 5.41 Å². The van der Waals surface area contributed by atoms with Gasteiger partial charge in [0.05, 0.1) is 0 Å². The van der Waals surface area contributed by atoms with Crippen molar-refractivity contribution < 1.29 is 0 Å². The molecular weight excluding hydrogens is 452 g/mol. The summed E-state index contributed by atoms with van der Waals surface area (Å²) in [6, 6.07) is 0.492. The quantitative estimate of drug-likeness (QED) is 0.241. The largest absolute Gasteiger partial charge is 0.353 e. The highest BCUT2D eigenvalue weighted by Gasteiger charge is 2.42. The highest BCUT2D eigenvalue weighted by atomic mass is 32.2. The van der Waals surface area contributed by atoms with Gasteiger partial charge in [0.15, 0.2) is 0 Å². The monoisotopic (exact) mass is 498 g/mol. The fourth-order valence-electron chi connectivity index (χ4n) is 4.30. The van der Waals surface area contributed by atoms with Crippen LogP contribution in [-0.2, 0) is 5.41 Å². The molecule has 0 spiro atoms. The number of thioether (sulfide) groups is 1. The molecule has 2 fully saturated rings. The van der Waals surface area contributed by atoms with E-state index in [2.05, 4.69) is 67.7 Å². The first kappa shape index (κ1) is 29.1. The lowest BCUT2D eigenvalue weighted by atomic mass is 9.87. The normalized spacial score (nSPS) is 25.0. The summed E-state index contributed by atoms with van der Waals surface area (Å²) >= 11 is 1.99. The zero-order valence-electron chi connectivity index (χ0n) is 23.2. The van der Waals surface area contributed by atoms with Crippen molar-refractivity contribution in [1.82, 2.24) is 14.9 Å². The molecule has 2 atom stereocenters. The van der Waals surface area contributed by atoms with Gasteiger partial charge in [-0.2, -0.15) is 11.8 Å². The summed E-state index contributed by atoms with van der Waals surface area (Å²) in [5.41, 5.74) is 1.98. The topological polar surface area (TPSA) is 59.4 Å². The molecule has 7 heteroatoms. The van der Waals surface area contributed by atoms with Gasteiger partial charge < -0.3 is 14.7 Å². The zero-order chi connectivity index (χ0) is 26.4. The van der Waals surface area contributed by atoms with Gasteiger partial charge in [0.2, 0.25) is 0 Å². The summed E-state index contributed by atoms with van der Waals surface area (Å²) in [6.45, 7) is 26.1. The van der Waals surface area contributed by atoms with Crippen LogP contribution >= 0.6 is 11.8 Å². The molecule has 3 aliphatic heterocycles. The molecule has 4 rings (SSSR count). The van der Waals surface area contributed by atoms with Crippen molar-refractivity contribution >= 4 is 29.2 Å². The molecule has 0 radical (unpaired) electrons. The Morgan fingerprint density at radius 2 is 1.80 bits per heavy atom. The summed E-state index contributed by atoms with van der Waals surface area (Å²) in [6.07, 6.45) is 8.68. The first-order chi connectivity index (χ1) is 16.5. The van der Waals surface area contributed by atoms with E-state index in [-0.39, 0.29) is 5.41 Å². The van der Waals surface area contributed by atoms with Gasteiger partial charge in [0.25, 0.3) is 0 Å². The standard InChI is InChI=1S/C20H30N6.C6H10S.C2H6/c1-14(2)7-8-16(21)26-12-20(4,5)17-18(22-13-23-19(17)26)25-10-9-24(6)15(3)11-25;1-3-6(2)4-5-7-6;1-2/h7-8,13,15,21H,1,9-12H2,2-6H3;3H,1,4-5H2,2H3;1-2H3/b8-7-,21-16?;;. The van der Waals surface area contributed by atoms with E-state index in [0.29, 0.717) is 16.6 Å². The van der Waals surface area contributed by atoms with Gasteiger partial charge in [-0.15, -0.1) is 6.58 Å². The number of hydrogen-bond acceptors (Lipinski definition) is 6. The van der Waals surface area contributed by atoms with Crippen molar-refractivity contribution in [3.63, 3.8) is 0 Å². The number of amidine groups is 1. The average Bonchev–Trinajstić information content (AvgIpc) is 3.10. The average molecular weight is 499 g/mol. The van der Waals surface area contributed by atoms with E-state index in [9.17, 15) is 0 Å². The third-order valence-corrected chi connectivity index (χ3v) is 8.27. The summed E-state index contributed by atoms with van der Waals surface area (Å²) in [4.78, 5) is 16.0. The Hall–Kier alpha value is -2.12. The van der Waals surface area contributed by atoms with Crippen LogP contribution < -0.4 is 9.80 Å². The number of piperazine rings is 1. The van der Waals surface area contributed by atoms with E-state index in [1.165, 1.54) is 12.2 Å². The summed E-state index contributed by atoms with van der Waals surface area (Å²) in [5.74, 6) is 3.65. The van der Waals surface area contributed by atoms with Crippen LogP contribution in [0.1, 0.15) is 60.5 Å². The van der Waals surface area contributed by atoms with E-state index in [1.54, 1.807) is 12.4 Å². The lowest BCUT2D eigenvalue weighted by Gasteiger charge is -2.39. The first-order valence-electron chi connectivity index (χ1n) is 12.8. The van der Waals surface area contributed by atoms with E-state index in [1.807, 2.05) is 49.6 Å². The Kier molecular flexibility index (Phi) is 10.2. The molecule has 2 unspecified atom stereocenters. The van der Waals surface area contributed by atoms with Crippen molar-refractivity contribution in [1.29, 1.82) is 5.41 Å². The lowest BCUT2D eigenvalue weighted by Crippen LogP contribution is -2.50. The number of anilines is 2. The number of nitrogens with one attached hydrogen (secondary N) is 1. The molecule has 1 aromatic heterocycles. The van der Waals surface area contributed by atoms with E-state index in [0.717, 1.165) is 49.0 Å². The van der Waals surface area contributed by atoms with Crippen LogP contribution in [0.4, 0.5) is 11.6 Å². The maximum atomic E-state index is 8.48. The summed E-state index contributed by atoms with van der Waals surface area (Å²) < 4.78 is 0.444. The molecule has 2 saturated heterocycles. The van der Waals surface area contributed by atoms with Crippen molar-refractivity contribution in [2.24, 2.45) is 0 Å². The number of likely N-dealkylation sites (N-methyl/N-ethyl adjacent to an activating group) is 1. The lowest BCUT2D eigenvalue weighted by molar-refractivity contribution is 0.233. The molecule has 1 N–H and O–H groups in total. The minimum Gasteiger partial charge on any atom is -0.353 e. The number of fused-ring (bicyclic) bond motifs is 1. The number of allylic oxidation sites excluding steroid dienone is 2. The van der Waals surface area contributed by atoms with Crippen LogP contribution in [0.2, 0.25) is 0 Å². The molecule has 0 amide bonds. The van der Waals surface area contributed by atoms with Gasteiger partial charge in [-0.05, 0) is 46.1 Å². The molecule has 0 aliphatic carbocycles. The first-order valence-corrected chi connectivity index (χ1v) is 13.7. The van der Waals surface area contributed by atoms with Crippen molar-refractivity contribution in [2.75, 3.05) is 48.8 Å². The molecular formula is C28H46N6S. The number of rotatable bonds is 4. The van der Waals surface area contributed by atoms with Crippen LogP contribution in [0.25, 0.3) is 0 Å². The summed E-state index contributed by atoms with van der Waals surface area (Å²) in [7, 11) is 2.17. The zero-order valence-corrected chi connectivity index (χ0v) is 24.0. The number of nitrogens with zero attached hydrogens (tertiary/aromatic N) is 5. The van der Waals surface area contributed by atoms with Gasteiger partial charge in [0.1, 0.15) is 23.8 Å². The van der Waals surface area contributed by atoms with E-state index < -0.39 is 0 Å². The predicted molar refractivity (Wildman–Crippen MR) is 155 cm³/mol. The minimum atomic E-state index is -0.109. The van der Waals surface area contributed by atoms with Crippen LogP contribution in [0.3, 0.4) is 0 Å². The molecule has 6 nitrogen and oxygen atoms in total. The van der Waals surface area contributed by atoms with Crippen molar-refractivity contribution in [2.45, 2.75) is 71.1 Å². The molecule has 4 heterocycles. The van der Waals surface area contributed by atoms with E-state index >= 15 is 0 Å². The third-order valence-electron chi connectivity index (χ3n) is 6.83. The Balaban J connectivity index is 0.000000407. The van der Waals surface area contributed by atoms with Gasteiger partial charge >= 0.3 is 0 Å². The van der Waals surface area contributed by atoms with Gasteiger partial charge in [-0.1, -0.05) is 52.0 Å². The van der Waals surface area contributed by atoms with Crippen LogP contribution in [-0.4, -0.2) is 70.5 Å². The molecule has 194 valence electrons. The minimum absolute atomic E-state index is 0.109. The molecule has 0 aromatic carbocycles. The maximum absolute atomic E-state index is 8.48. The Labute approximate surface area is 218 Å². The third kappa shape index (κ3) is 6.98. The smallest absolute Gasteiger partial charge is 0.143 e. The van der Waals surface area contributed by atoms with Gasteiger partial charge in [0, 0.05) is 47.9 Å². The van der Waals surface area contributed by atoms with Gasteiger partial charge in [-0.3, -0.25) is 5.41 Å². The molecule has 3 aliphatic rings. The predicted octanol–water partition coefficient (Wildman–Crippen LogP) is 5.92. The van der Waals surface area contributed by atoms with E-state index in [4.69, 9.17) is 5.41 Å². The molecule has 1 aromatic rings. The fraction of sp³-hybridized carbons (Fsp3) is 0.607. The SMILES string of the molecule is C=C(C)/C=C\C(=N)N1CC(C)(C)c2c(N3CCN(C)C(C)C3)ncnc21.C=CC1(C)CCS1.CC. The Morgan fingerprint density at radius 1 is 1.17 bits per heavy atom. The molecule has 35 heavy (non-hydrogen) atoms. The second kappa shape index (κ2) is 12.2. The second-order valence-corrected chi connectivity index (χ2v) is 12.0.